The van der Waals surface area contributed by atoms with E-state index in [0.29, 0.717) is 13.2 Å². The standard InChI is InChI=1S/C14H30O3Si2/c1-7-16-14(15)17-10-9-11-19(5,6)13-12-18(3,4)8-2/h8H,2,7,9-13H2,1,3-6H3. The molecule has 0 aromatic rings. The molecule has 0 aliphatic rings. The molecular weight excluding hydrogens is 272 g/mol. The maximum Gasteiger partial charge on any atom is 0.508 e. The molecule has 0 atom stereocenters. The minimum Gasteiger partial charge on any atom is -0.435 e. The summed E-state index contributed by atoms with van der Waals surface area (Å²) in [5.74, 6) is 0. The SMILES string of the molecule is C=C[Si](C)(C)CC[Si](C)(C)CCCOC(=O)OCC. The van der Waals surface area contributed by atoms with E-state index in [9.17, 15) is 4.79 Å². The van der Waals surface area contributed by atoms with Crippen LogP contribution in [0.1, 0.15) is 13.3 Å². The fraction of sp³-hybridized carbons (Fsp3) is 0.786. The van der Waals surface area contributed by atoms with E-state index in [0.717, 1.165) is 6.42 Å². The molecule has 0 aliphatic heterocycles. The predicted molar refractivity (Wildman–Crippen MR) is 87.2 cm³/mol. The summed E-state index contributed by atoms with van der Waals surface area (Å²) in [7, 11) is -2.34. The molecule has 0 rings (SSSR count). The molecule has 112 valence electrons. The molecule has 0 heterocycles. The van der Waals surface area contributed by atoms with Crippen LogP contribution in [0.2, 0.25) is 44.3 Å². The summed E-state index contributed by atoms with van der Waals surface area (Å²) < 4.78 is 9.72. The van der Waals surface area contributed by atoms with E-state index in [1.807, 2.05) is 0 Å². The summed E-state index contributed by atoms with van der Waals surface area (Å²) in [6.45, 7) is 16.2. The number of rotatable bonds is 9. The Morgan fingerprint density at radius 3 is 2.26 bits per heavy atom. The van der Waals surface area contributed by atoms with Crippen LogP contribution in [0.3, 0.4) is 0 Å². The molecule has 0 aromatic heterocycles. The van der Waals surface area contributed by atoms with Gasteiger partial charge in [0.1, 0.15) is 0 Å². The average Bonchev–Trinajstić information content (AvgIpc) is 2.33. The van der Waals surface area contributed by atoms with Crippen LogP contribution in [0.5, 0.6) is 0 Å². The Kier molecular flexibility index (Phi) is 8.33. The third kappa shape index (κ3) is 9.95. The fourth-order valence-corrected chi connectivity index (χ4v) is 8.59. The summed E-state index contributed by atoms with van der Waals surface area (Å²) in [6.07, 6.45) is 0.413. The molecule has 3 nitrogen and oxygen atoms in total. The molecule has 0 spiro atoms. The molecule has 0 saturated carbocycles. The minimum atomic E-state index is -1.17. The topological polar surface area (TPSA) is 35.5 Å². The highest BCUT2D eigenvalue weighted by molar-refractivity contribution is 6.85. The first-order valence-electron chi connectivity index (χ1n) is 7.15. The Morgan fingerprint density at radius 1 is 1.11 bits per heavy atom. The molecule has 5 heteroatoms. The average molecular weight is 303 g/mol. The van der Waals surface area contributed by atoms with Crippen LogP contribution in [-0.4, -0.2) is 35.5 Å². The van der Waals surface area contributed by atoms with Gasteiger partial charge in [0, 0.05) is 8.07 Å². The van der Waals surface area contributed by atoms with E-state index in [4.69, 9.17) is 9.47 Å². The lowest BCUT2D eigenvalue weighted by atomic mass is 10.5. The van der Waals surface area contributed by atoms with Gasteiger partial charge in [0.2, 0.25) is 0 Å². The Morgan fingerprint density at radius 2 is 1.74 bits per heavy atom. The van der Waals surface area contributed by atoms with Crippen LogP contribution in [0.25, 0.3) is 0 Å². The lowest BCUT2D eigenvalue weighted by Crippen LogP contribution is -2.31. The molecule has 0 fully saturated rings. The van der Waals surface area contributed by atoms with Crippen LogP contribution in [0.4, 0.5) is 4.79 Å². The zero-order valence-electron chi connectivity index (χ0n) is 13.3. The van der Waals surface area contributed by atoms with Crippen LogP contribution < -0.4 is 0 Å². The summed E-state index contributed by atoms with van der Waals surface area (Å²) in [4.78, 5) is 11.0. The lowest BCUT2D eigenvalue weighted by Gasteiger charge is -2.26. The van der Waals surface area contributed by atoms with Crippen molar-refractivity contribution in [2.75, 3.05) is 13.2 Å². The Bertz CT molecular complexity index is 288. The third-order valence-electron chi connectivity index (χ3n) is 3.48. The first kappa shape index (κ1) is 18.4. The zero-order chi connectivity index (χ0) is 14.9. The normalized spacial score (nSPS) is 12.1. The second-order valence-electron chi connectivity index (χ2n) is 6.49. The largest absolute Gasteiger partial charge is 0.508 e. The van der Waals surface area contributed by atoms with Crippen LogP contribution in [0.15, 0.2) is 12.3 Å². The quantitative estimate of drug-likeness (QED) is 0.352. The number of carbonyl (C=O) groups excluding carboxylic acids is 1. The van der Waals surface area contributed by atoms with Crippen LogP contribution >= 0.6 is 0 Å². The molecule has 0 aromatic carbocycles. The maximum atomic E-state index is 11.0. The number of hydrogen-bond donors (Lipinski definition) is 0. The molecule has 0 amide bonds. The van der Waals surface area contributed by atoms with Crippen molar-refractivity contribution in [1.29, 1.82) is 0 Å². The van der Waals surface area contributed by atoms with E-state index in [2.05, 4.69) is 38.5 Å². The summed E-state index contributed by atoms with van der Waals surface area (Å²) in [5, 5.41) is 0. The maximum absolute atomic E-state index is 11.0. The van der Waals surface area contributed by atoms with E-state index in [1.54, 1.807) is 6.92 Å². The van der Waals surface area contributed by atoms with Crippen LogP contribution in [0, 0.1) is 0 Å². The monoisotopic (exact) mass is 302 g/mol. The van der Waals surface area contributed by atoms with E-state index < -0.39 is 22.3 Å². The second kappa shape index (κ2) is 8.58. The first-order chi connectivity index (χ1) is 8.72. The molecule has 19 heavy (non-hydrogen) atoms. The predicted octanol–water partition coefficient (Wildman–Crippen LogP) is 4.69. The lowest BCUT2D eigenvalue weighted by molar-refractivity contribution is 0.0591. The van der Waals surface area contributed by atoms with Crippen molar-refractivity contribution in [3.05, 3.63) is 12.3 Å². The minimum absolute atomic E-state index is 0.375. The summed E-state index contributed by atoms with van der Waals surface area (Å²) in [5.41, 5.74) is 2.18. The summed E-state index contributed by atoms with van der Waals surface area (Å²) >= 11 is 0. The molecule has 0 radical (unpaired) electrons. The molecule has 0 saturated heterocycles. The molecule has 0 unspecified atom stereocenters. The second-order valence-corrected chi connectivity index (χ2v) is 16.7. The zero-order valence-corrected chi connectivity index (χ0v) is 15.3. The number of ether oxygens (including phenoxy) is 2. The van der Waals surface area contributed by atoms with Crippen molar-refractivity contribution >= 4 is 22.3 Å². The van der Waals surface area contributed by atoms with Crippen molar-refractivity contribution in [3.8, 4) is 0 Å². The number of carbonyl (C=O) groups is 1. The van der Waals surface area contributed by atoms with Gasteiger partial charge in [-0.2, -0.15) is 0 Å². The van der Waals surface area contributed by atoms with Crippen molar-refractivity contribution in [1.82, 2.24) is 0 Å². The van der Waals surface area contributed by atoms with Gasteiger partial charge in [-0.15, -0.1) is 12.3 Å². The van der Waals surface area contributed by atoms with Gasteiger partial charge in [-0.1, -0.05) is 44.3 Å². The Balaban J connectivity index is 3.85. The van der Waals surface area contributed by atoms with Crippen LogP contribution in [-0.2, 0) is 9.47 Å². The highest BCUT2D eigenvalue weighted by Gasteiger charge is 2.25. The van der Waals surface area contributed by atoms with Gasteiger partial charge in [0.25, 0.3) is 0 Å². The van der Waals surface area contributed by atoms with Crippen molar-refractivity contribution in [2.24, 2.45) is 0 Å². The van der Waals surface area contributed by atoms with E-state index in [-0.39, 0.29) is 0 Å². The fourth-order valence-electron chi connectivity index (χ4n) is 1.75. The van der Waals surface area contributed by atoms with Gasteiger partial charge >= 0.3 is 6.16 Å². The van der Waals surface area contributed by atoms with Gasteiger partial charge in [-0.25, -0.2) is 4.79 Å². The molecule has 0 aliphatic carbocycles. The van der Waals surface area contributed by atoms with Crippen molar-refractivity contribution < 1.29 is 14.3 Å². The highest BCUT2D eigenvalue weighted by Crippen LogP contribution is 2.24. The van der Waals surface area contributed by atoms with Crippen molar-refractivity contribution in [2.45, 2.75) is 57.7 Å². The first-order valence-corrected chi connectivity index (χ1v) is 13.9. The Labute approximate surface area is 120 Å². The highest BCUT2D eigenvalue weighted by atomic mass is 28.3. The van der Waals surface area contributed by atoms with E-state index >= 15 is 0 Å². The molecule has 0 bridgehead atoms. The number of hydrogen-bond acceptors (Lipinski definition) is 3. The van der Waals surface area contributed by atoms with Gasteiger partial charge in [0.15, 0.2) is 0 Å². The Hall–Kier alpha value is -0.556. The van der Waals surface area contributed by atoms with Gasteiger partial charge in [-0.3, -0.25) is 0 Å². The van der Waals surface area contributed by atoms with Gasteiger partial charge in [-0.05, 0) is 13.3 Å². The molecule has 0 N–H and O–H groups in total. The van der Waals surface area contributed by atoms with E-state index in [1.165, 1.54) is 18.1 Å². The smallest absolute Gasteiger partial charge is 0.435 e. The molecular formula is C14H30O3Si2. The van der Waals surface area contributed by atoms with Crippen molar-refractivity contribution in [3.63, 3.8) is 0 Å². The summed E-state index contributed by atoms with van der Waals surface area (Å²) in [6, 6.07) is 3.88. The third-order valence-corrected chi connectivity index (χ3v) is 9.93. The van der Waals surface area contributed by atoms with Gasteiger partial charge in [0.05, 0.1) is 21.3 Å². The van der Waals surface area contributed by atoms with Gasteiger partial charge < -0.3 is 9.47 Å².